The van der Waals surface area contributed by atoms with E-state index in [1.807, 2.05) is 53.7 Å². The average Bonchev–Trinajstić information content (AvgIpc) is 2.65. The minimum absolute atomic E-state index is 0.0255. The summed E-state index contributed by atoms with van der Waals surface area (Å²) in [6, 6.07) is 11.8. The van der Waals surface area contributed by atoms with Gasteiger partial charge in [-0.25, -0.2) is 4.79 Å². The van der Waals surface area contributed by atoms with Crippen LogP contribution in [0.1, 0.15) is 11.1 Å². The summed E-state index contributed by atoms with van der Waals surface area (Å²) in [6.07, 6.45) is 4.45. The fourth-order valence-electron chi connectivity index (χ4n) is 2.93. The minimum atomic E-state index is 0.0255. The Morgan fingerprint density at radius 3 is 2.36 bits per heavy atom. The van der Waals surface area contributed by atoms with Gasteiger partial charge in [0.15, 0.2) is 0 Å². The molecule has 2 aromatic rings. The normalized spacial score (nSPS) is 15.2. The fraction of sp³-hybridized carbons (Fsp3) is 0.368. The van der Waals surface area contributed by atoms with Crippen LogP contribution >= 0.6 is 11.6 Å². The summed E-state index contributed by atoms with van der Waals surface area (Å²) < 4.78 is 0. The highest BCUT2D eigenvalue weighted by molar-refractivity contribution is 6.30. The van der Waals surface area contributed by atoms with Crippen LogP contribution in [0.5, 0.6) is 0 Å². The summed E-state index contributed by atoms with van der Waals surface area (Å²) in [5.74, 6) is 0. The second-order valence-corrected chi connectivity index (χ2v) is 6.66. The largest absolute Gasteiger partial charge is 0.338 e. The monoisotopic (exact) mass is 358 g/mol. The molecule has 1 aliphatic rings. The van der Waals surface area contributed by atoms with Crippen LogP contribution in [0.15, 0.2) is 48.8 Å². The quantitative estimate of drug-likeness (QED) is 0.894. The predicted octanol–water partition coefficient (Wildman–Crippen LogP) is 2.80. The smallest absolute Gasteiger partial charge is 0.317 e. The van der Waals surface area contributed by atoms with Crippen molar-refractivity contribution < 1.29 is 4.79 Å². The van der Waals surface area contributed by atoms with Gasteiger partial charge in [0.1, 0.15) is 0 Å². The van der Waals surface area contributed by atoms with E-state index in [1.54, 1.807) is 0 Å². The molecule has 1 aromatic heterocycles. The lowest BCUT2D eigenvalue weighted by Crippen LogP contribution is -2.51. The number of nitrogens with zero attached hydrogens (tertiary/aromatic N) is 3. The summed E-state index contributed by atoms with van der Waals surface area (Å²) in [5, 5.41) is 3.74. The SMILES string of the molecule is O=C(NCCc1ccc(Cl)cc1)N1CCN(Cc2ccncc2)CC1. The number of amides is 2. The third-order valence-corrected chi connectivity index (χ3v) is 4.67. The molecule has 0 unspecified atom stereocenters. The first-order valence-corrected chi connectivity index (χ1v) is 8.97. The first-order chi connectivity index (χ1) is 12.2. The van der Waals surface area contributed by atoms with Gasteiger partial charge in [-0.2, -0.15) is 0 Å². The van der Waals surface area contributed by atoms with Crippen LogP contribution in [0.4, 0.5) is 4.79 Å². The molecule has 5 nitrogen and oxygen atoms in total. The summed E-state index contributed by atoms with van der Waals surface area (Å²) >= 11 is 5.88. The molecule has 3 rings (SSSR count). The molecule has 1 saturated heterocycles. The van der Waals surface area contributed by atoms with Crippen molar-refractivity contribution in [1.82, 2.24) is 20.1 Å². The van der Waals surface area contributed by atoms with Gasteiger partial charge in [-0.05, 0) is 41.8 Å². The van der Waals surface area contributed by atoms with Gasteiger partial charge < -0.3 is 10.2 Å². The zero-order valence-electron chi connectivity index (χ0n) is 14.2. The molecule has 1 aliphatic heterocycles. The van der Waals surface area contributed by atoms with E-state index in [9.17, 15) is 4.79 Å². The number of nitrogens with one attached hydrogen (secondary N) is 1. The van der Waals surface area contributed by atoms with Gasteiger partial charge in [0.25, 0.3) is 0 Å². The average molecular weight is 359 g/mol. The molecule has 0 spiro atoms. The van der Waals surface area contributed by atoms with Gasteiger partial charge >= 0.3 is 6.03 Å². The van der Waals surface area contributed by atoms with E-state index in [0.29, 0.717) is 6.54 Å². The van der Waals surface area contributed by atoms with Gasteiger partial charge in [-0.3, -0.25) is 9.88 Å². The Hall–Kier alpha value is -2.11. The first-order valence-electron chi connectivity index (χ1n) is 8.59. The number of urea groups is 1. The highest BCUT2D eigenvalue weighted by atomic mass is 35.5. The van der Waals surface area contributed by atoms with E-state index in [4.69, 9.17) is 11.6 Å². The molecule has 0 atom stereocenters. The van der Waals surface area contributed by atoms with Crippen molar-refractivity contribution in [2.45, 2.75) is 13.0 Å². The molecule has 2 amide bonds. The maximum atomic E-state index is 12.3. The second-order valence-electron chi connectivity index (χ2n) is 6.23. The number of piperazine rings is 1. The highest BCUT2D eigenvalue weighted by Gasteiger charge is 2.20. The number of hydrogen-bond acceptors (Lipinski definition) is 3. The number of carbonyl (C=O) groups is 1. The van der Waals surface area contributed by atoms with Crippen LogP contribution in [0.25, 0.3) is 0 Å². The molecule has 0 radical (unpaired) electrons. The molecular weight excluding hydrogens is 336 g/mol. The number of rotatable bonds is 5. The standard InChI is InChI=1S/C19H23ClN4O/c20-18-3-1-16(2-4-18)7-10-22-19(25)24-13-11-23(12-14-24)15-17-5-8-21-9-6-17/h1-6,8-9H,7,10-15H2,(H,22,25). The Bertz CT molecular complexity index is 670. The maximum Gasteiger partial charge on any atom is 0.317 e. The Labute approximate surface area is 153 Å². The third kappa shape index (κ3) is 5.44. The van der Waals surface area contributed by atoms with Gasteiger partial charge in [-0.15, -0.1) is 0 Å². The van der Waals surface area contributed by atoms with Crippen molar-refractivity contribution in [3.05, 3.63) is 64.9 Å². The van der Waals surface area contributed by atoms with Crippen LogP contribution in [0.3, 0.4) is 0 Å². The number of carbonyl (C=O) groups excluding carboxylic acids is 1. The topological polar surface area (TPSA) is 48.5 Å². The lowest BCUT2D eigenvalue weighted by atomic mass is 10.1. The van der Waals surface area contributed by atoms with E-state index in [1.165, 1.54) is 11.1 Å². The molecule has 1 aromatic carbocycles. The molecule has 0 aliphatic carbocycles. The van der Waals surface area contributed by atoms with Crippen LogP contribution in [0.2, 0.25) is 5.02 Å². The molecule has 25 heavy (non-hydrogen) atoms. The Morgan fingerprint density at radius 1 is 1.00 bits per heavy atom. The van der Waals surface area contributed by atoms with Gasteiger partial charge in [0.2, 0.25) is 0 Å². The molecule has 1 fully saturated rings. The van der Waals surface area contributed by atoms with Gasteiger partial charge in [0, 0.05) is 56.7 Å². The second kappa shape index (κ2) is 8.83. The van der Waals surface area contributed by atoms with Crippen molar-refractivity contribution in [1.29, 1.82) is 0 Å². The third-order valence-electron chi connectivity index (χ3n) is 4.42. The zero-order chi connectivity index (χ0) is 17.5. The summed E-state index contributed by atoms with van der Waals surface area (Å²) in [5.41, 5.74) is 2.43. The molecule has 0 bridgehead atoms. The van der Waals surface area contributed by atoms with Crippen molar-refractivity contribution in [3.8, 4) is 0 Å². The number of pyridine rings is 1. The number of hydrogen-bond donors (Lipinski definition) is 1. The van der Waals surface area contributed by atoms with E-state index in [2.05, 4.69) is 15.2 Å². The van der Waals surface area contributed by atoms with Crippen LogP contribution < -0.4 is 5.32 Å². The fourth-order valence-corrected chi connectivity index (χ4v) is 3.06. The molecule has 132 valence electrons. The maximum absolute atomic E-state index is 12.3. The van der Waals surface area contributed by atoms with Gasteiger partial charge in [0.05, 0.1) is 0 Å². The van der Waals surface area contributed by atoms with Crippen molar-refractivity contribution in [2.75, 3.05) is 32.7 Å². The van der Waals surface area contributed by atoms with Crippen LogP contribution in [-0.2, 0) is 13.0 Å². The minimum Gasteiger partial charge on any atom is -0.338 e. The van der Waals surface area contributed by atoms with E-state index in [0.717, 1.165) is 44.2 Å². The molecular formula is C19H23ClN4O. The zero-order valence-corrected chi connectivity index (χ0v) is 15.0. The molecule has 6 heteroatoms. The van der Waals surface area contributed by atoms with Crippen LogP contribution in [-0.4, -0.2) is 53.5 Å². The van der Waals surface area contributed by atoms with Crippen molar-refractivity contribution >= 4 is 17.6 Å². The Balaban J connectivity index is 1.37. The lowest BCUT2D eigenvalue weighted by Gasteiger charge is -2.34. The van der Waals surface area contributed by atoms with E-state index < -0.39 is 0 Å². The van der Waals surface area contributed by atoms with Crippen molar-refractivity contribution in [2.24, 2.45) is 0 Å². The van der Waals surface area contributed by atoms with Crippen molar-refractivity contribution in [3.63, 3.8) is 0 Å². The van der Waals surface area contributed by atoms with E-state index >= 15 is 0 Å². The molecule has 1 N–H and O–H groups in total. The molecule has 0 saturated carbocycles. The first kappa shape index (κ1) is 17.7. The lowest BCUT2D eigenvalue weighted by molar-refractivity contribution is 0.135. The number of halogens is 1. The number of benzene rings is 1. The Kier molecular flexibility index (Phi) is 6.25. The summed E-state index contributed by atoms with van der Waals surface area (Å²) in [7, 11) is 0. The van der Waals surface area contributed by atoms with E-state index in [-0.39, 0.29) is 6.03 Å². The van der Waals surface area contributed by atoms with Gasteiger partial charge in [-0.1, -0.05) is 23.7 Å². The summed E-state index contributed by atoms with van der Waals surface area (Å²) in [4.78, 5) is 20.6. The predicted molar refractivity (Wildman–Crippen MR) is 99.6 cm³/mol. The molecule has 2 heterocycles. The Morgan fingerprint density at radius 2 is 1.68 bits per heavy atom. The number of aromatic nitrogens is 1. The van der Waals surface area contributed by atoms with Crippen LogP contribution in [0, 0.1) is 0 Å². The highest BCUT2D eigenvalue weighted by Crippen LogP contribution is 2.10. The summed E-state index contributed by atoms with van der Waals surface area (Å²) in [6.45, 7) is 4.86.